The third-order valence-corrected chi connectivity index (χ3v) is 2.77. The fraction of sp³-hybridized carbons (Fsp3) is 0.800. The maximum absolute atomic E-state index is 11.6. The van der Waals surface area contributed by atoms with Crippen molar-refractivity contribution in [3.8, 4) is 0 Å². The van der Waals surface area contributed by atoms with Gasteiger partial charge in [0.1, 0.15) is 6.04 Å². The van der Waals surface area contributed by atoms with Crippen LogP contribution in [0, 0.1) is 0 Å². The zero-order valence-electron chi connectivity index (χ0n) is 9.60. The van der Waals surface area contributed by atoms with Gasteiger partial charge in [0.15, 0.2) is 0 Å². The summed E-state index contributed by atoms with van der Waals surface area (Å²) < 4.78 is 5.19. The minimum Gasteiger partial charge on any atom is -0.480 e. The normalized spacial score (nSPS) is 19.2. The van der Waals surface area contributed by atoms with Gasteiger partial charge in [0, 0.05) is 20.2 Å². The van der Waals surface area contributed by atoms with E-state index in [0.29, 0.717) is 13.1 Å². The van der Waals surface area contributed by atoms with E-state index in [1.807, 2.05) is 0 Å². The van der Waals surface area contributed by atoms with Crippen molar-refractivity contribution in [2.75, 3.05) is 20.2 Å². The Hall–Kier alpha value is -1.30. The molecule has 0 aromatic rings. The van der Waals surface area contributed by atoms with Crippen LogP contribution in [0.25, 0.3) is 0 Å². The van der Waals surface area contributed by atoms with Gasteiger partial charge in [-0.2, -0.15) is 0 Å². The van der Waals surface area contributed by atoms with Crippen molar-refractivity contribution in [2.24, 2.45) is 0 Å². The zero-order valence-corrected chi connectivity index (χ0v) is 9.60. The first-order chi connectivity index (χ1) is 7.54. The third kappa shape index (κ3) is 3.37. The van der Waals surface area contributed by atoms with E-state index in [4.69, 9.17) is 9.84 Å². The molecule has 1 heterocycles. The fourth-order valence-corrected chi connectivity index (χ4v) is 1.63. The number of methoxy groups -OCH3 is 1. The number of nitrogens with one attached hydrogen (secondary N) is 1. The van der Waals surface area contributed by atoms with Gasteiger partial charge in [-0.15, -0.1) is 0 Å². The maximum atomic E-state index is 11.6. The number of carbonyl (C=O) groups excluding carboxylic acids is 1. The van der Waals surface area contributed by atoms with Crippen LogP contribution in [0.3, 0.4) is 0 Å². The first-order valence-electron chi connectivity index (χ1n) is 5.35. The number of aliphatic carboxylic acids is 1. The number of carboxylic acids is 1. The topological polar surface area (TPSA) is 78.9 Å². The molecule has 0 bridgehead atoms. The molecule has 2 N–H and O–H groups in total. The highest BCUT2D eigenvalue weighted by Gasteiger charge is 2.24. The largest absolute Gasteiger partial charge is 0.480 e. The Morgan fingerprint density at radius 2 is 2.00 bits per heavy atom. The molecule has 0 saturated carbocycles. The van der Waals surface area contributed by atoms with Gasteiger partial charge in [0.2, 0.25) is 0 Å². The predicted octanol–water partition coefficient (Wildman–Crippen LogP) is 0.280. The lowest BCUT2D eigenvalue weighted by Crippen LogP contribution is -2.49. The standard InChI is InChI=1S/C10H18N2O4/c1-7(9(13)14)11-10(15)12-5-3-8(16-2)4-6-12/h7-8H,3-6H2,1-2H3,(H,11,15)(H,13,14)/t7-/m1/s1. The molecule has 92 valence electrons. The summed E-state index contributed by atoms with van der Waals surface area (Å²) >= 11 is 0. The summed E-state index contributed by atoms with van der Waals surface area (Å²) in [7, 11) is 1.66. The van der Waals surface area contributed by atoms with Gasteiger partial charge >= 0.3 is 12.0 Å². The Kier molecular flexibility index (Phi) is 4.54. The molecule has 1 aliphatic heterocycles. The van der Waals surface area contributed by atoms with E-state index >= 15 is 0 Å². The minimum atomic E-state index is -1.03. The van der Waals surface area contributed by atoms with Crippen LogP contribution in [-0.4, -0.2) is 54.4 Å². The van der Waals surface area contributed by atoms with Crippen molar-refractivity contribution in [3.63, 3.8) is 0 Å². The molecule has 0 aromatic carbocycles. The summed E-state index contributed by atoms with van der Waals surface area (Å²) in [6, 6.07) is -1.17. The van der Waals surface area contributed by atoms with Gasteiger partial charge in [-0.3, -0.25) is 4.79 Å². The van der Waals surface area contributed by atoms with E-state index in [9.17, 15) is 9.59 Å². The molecule has 0 spiro atoms. The van der Waals surface area contributed by atoms with Gasteiger partial charge < -0.3 is 20.1 Å². The number of amides is 2. The summed E-state index contributed by atoms with van der Waals surface area (Å²) in [5, 5.41) is 11.1. The second-order valence-electron chi connectivity index (χ2n) is 3.93. The number of ether oxygens (including phenoxy) is 1. The van der Waals surface area contributed by atoms with Crippen molar-refractivity contribution in [1.82, 2.24) is 10.2 Å². The van der Waals surface area contributed by atoms with E-state index in [1.165, 1.54) is 6.92 Å². The smallest absolute Gasteiger partial charge is 0.325 e. The van der Waals surface area contributed by atoms with Crippen LogP contribution in [0.4, 0.5) is 4.79 Å². The Balaban J connectivity index is 2.36. The summed E-state index contributed by atoms with van der Waals surface area (Å²) in [4.78, 5) is 23.8. The number of piperidine rings is 1. The van der Waals surface area contributed by atoms with Crippen molar-refractivity contribution in [3.05, 3.63) is 0 Å². The molecule has 16 heavy (non-hydrogen) atoms. The van der Waals surface area contributed by atoms with Crippen LogP contribution < -0.4 is 5.32 Å². The first kappa shape index (κ1) is 12.8. The van der Waals surface area contributed by atoms with Gasteiger partial charge in [0.05, 0.1) is 6.10 Å². The Morgan fingerprint density at radius 3 is 2.44 bits per heavy atom. The molecule has 0 unspecified atom stereocenters. The highest BCUT2D eigenvalue weighted by molar-refractivity contribution is 5.82. The molecule has 1 saturated heterocycles. The number of nitrogens with zero attached hydrogens (tertiary/aromatic N) is 1. The maximum Gasteiger partial charge on any atom is 0.325 e. The molecular formula is C10H18N2O4. The number of rotatable bonds is 3. The lowest BCUT2D eigenvalue weighted by atomic mass is 10.1. The van der Waals surface area contributed by atoms with Crippen LogP contribution in [0.15, 0.2) is 0 Å². The van der Waals surface area contributed by atoms with Crippen LogP contribution in [0.5, 0.6) is 0 Å². The molecule has 6 heteroatoms. The predicted molar refractivity (Wildman–Crippen MR) is 57.2 cm³/mol. The number of carbonyl (C=O) groups is 2. The molecule has 1 aliphatic rings. The monoisotopic (exact) mass is 230 g/mol. The number of likely N-dealkylation sites (tertiary alicyclic amines) is 1. The second kappa shape index (κ2) is 5.69. The molecule has 0 aromatic heterocycles. The van der Waals surface area contributed by atoms with Crippen molar-refractivity contribution in [1.29, 1.82) is 0 Å². The molecule has 0 radical (unpaired) electrons. The first-order valence-corrected chi connectivity index (χ1v) is 5.35. The van der Waals surface area contributed by atoms with Crippen LogP contribution in [0.1, 0.15) is 19.8 Å². The van der Waals surface area contributed by atoms with E-state index in [2.05, 4.69) is 5.32 Å². The molecule has 0 aliphatic carbocycles. The zero-order chi connectivity index (χ0) is 12.1. The lowest BCUT2D eigenvalue weighted by Gasteiger charge is -2.31. The number of carboxylic acid groups (broad SMARTS) is 1. The van der Waals surface area contributed by atoms with Crippen LogP contribution in [-0.2, 0) is 9.53 Å². The summed E-state index contributed by atoms with van der Waals surface area (Å²) in [6.07, 6.45) is 1.80. The highest BCUT2D eigenvalue weighted by Crippen LogP contribution is 2.12. The average Bonchev–Trinajstić information content (AvgIpc) is 2.28. The van der Waals surface area contributed by atoms with Crippen molar-refractivity contribution in [2.45, 2.75) is 31.9 Å². The van der Waals surface area contributed by atoms with Gasteiger partial charge in [-0.25, -0.2) is 4.79 Å². The average molecular weight is 230 g/mol. The Bertz CT molecular complexity index is 262. The molecule has 2 amide bonds. The van der Waals surface area contributed by atoms with Crippen molar-refractivity contribution < 1.29 is 19.4 Å². The molecule has 1 rings (SSSR count). The van der Waals surface area contributed by atoms with E-state index in [-0.39, 0.29) is 12.1 Å². The van der Waals surface area contributed by atoms with Gasteiger partial charge in [-0.1, -0.05) is 0 Å². The quantitative estimate of drug-likeness (QED) is 0.730. The highest BCUT2D eigenvalue weighted by atomic mass is 16.5. The third-order valence-electron chi connectivity index (χ3n) is 2.77. The number of hydrogen-bond acceptors (Lipinski definition) is 3. The van der Waals surface area contributed by atoms with Gasteiger partial charge in [-0.05, 0) is 19.8 Å². The number of hydrogen-bond donors (Lipinski definition) is 2. The molecular weight excluding hydrogens is 212 g/mol. The van der Waals surface area contributed by atoms with E-state index < -0.39 is 12.0 Å². The minimum absolute atomic E-state index is 0.209. The van der Waals surface area contributed by atoms with Crippen LogP contribution in [0.2, 0.25) is 0 Å². The molecule has 1 fully saturated rings. The summed E-state index contributed by atoms with van der Waals surface area (Å²) in [5.74, 6) is -1.03. The Morgan fingerprint density at radius 1 is 1.44 bits per heavy atom. The molecule has 6 nitrogen and oxygen atoms in total. The lowest BCUT2D eigenvalue weighted by molar-refractivity contribution is -0.138. The summed E-state index contributed by atoms with van der Waals surface area (Å²) in [5.41, 5.74) is 0. The SMILES string of the molecule is COC1CCN(C(=O)N[C@H](C)C(=O)O)CC1. The summed E-state index contributed by atoms with van der Waals surface area (Å²) in [6.45, 7) is 2.66. The fourth-order valence-electron chi connectivity index (χ4n) is 1.63. The van der Waals surface area contributed by atoms with Crippen LogP contribution >= 0.6 is 0 Å². The number of urea groups is 1. The second-order valence-corrected chi connectivity index (χ2v) is 3.93. The van der Waals surface area contributed by atoms with E-state index in [0.717, 1.165) is 12.8 Å². The molecule has 1 atom stereocenters. The Labute approximate surface area is 94.6 Å². The van der Waals surface area contributed by atoms with Crippen molar-refractivity contribution >= 4 is 12.0 Å². The van der Waals surface area contributed by atoms with E-state index in [1.54, 1.807) is 12.0 Å². The van der Waals surface area contributed by atoms with Gasteiger partial charge in [0.25, 0.3) is 0 Å².